The van der Waals surface area contributed by atoms with Crippen molar-refractivity contribution in [1.29, 1.82) is 0 Å². The van der Waals surface area contributed by atoms with Crippen LogP contribution in [0.5, 0.6) is 0 Å². The van der Waals surface area contributed by atoms with Gasteiger partial charge in [-0.2, -0.15) is 0 Å². The second-order valence-corrected chi connectivity index (χ2v) is 4.08. The summed E-state index contributed by atoms with van der Waals surface area (Å²) >= 11 is 0. The first-order valence-electron chi connectivity index (χ1n) is 4.49. The Hall–Kier alpha value is -0.570. The molecule has 0 spiro atoms. The predicted molar refractivity (Wildman–Crippen MR) is 47.1 cm³/mol. The van der Waals surface area contributed by atoms with Crippen molar-refractivity contribution >= 4 is 5.97 Å². The van der Waals surface area contributed by atoms with E-state index in [9.17, 15) is 4.79 Å². The Morgan fingerprint density at radius 1 is 1.42 bits per heavy atom. The maximum Gasteiger partial charge on any atom is 0.305 e. The molecular formula is C9H17NO2. The molecule has 1 N–H and O–H groups in total. The van der Waals surface area contributed by atoms with E-state index in [0.717, 1.165) is 13.1 Å². The first kappa shape index (κ1) is 9.52. The van der Waals surface area contributed by atoms with Crippen LogP contribution >= 0.6 is 0 Å². The van der Waals surface area contributed by atoms with Gasteiger partial charge in [-0.3, -0.25) is 9.69 Å². The molecule has 12 heavy (non-hydrogen) atoms. The number of carbonyl (C=O) groups is 1. The summed E-state index contributed by atoms with van der Waals surface area (Å²) in [6, 6.07) is 0. The van der Waals surface area contributed by atoms with Crippen molar-refractivity contribution in [3.63, 3.8) is 0 Å². The van der Waals surface area contributed by atoms with Gasteiger partial charge in [-0.1, -0.05) is 0 Å². The van der Waals surface area contributed by atoms with Gasteiger partial charge in [0.1, 0.15) is 0 Å². The third kappa shape index (κ3) is 2.21. The second kappa shape index (κ2) is 3.44. The first-order valence-corrected chi connectivity index (χ1v) is 4.49. The van der Waals surface area contributed by atoms with Crippen LogP contribution in [0.4, 0.5) is 0 Å². The molecular weight excluding hydrogens is 154 g/mol. The van der Waals surface area contributed by atoms with Crippen LogP contribution in [0.1, 0.15) is 33.1 Å². The number of likely N-dealkylation sites (tertiary alicyclic amines) is 1. The average Bonchev–Trinajstić information content (AvgIpc) is 2.32. The van der Waals surface area contributed by atoms with Crippen molar-refractivity contribution in [2.45, 2.75) is 38.6 Å². The van der Waals surface area contributed by atoms with Crippen molar-refractivity contribution in [2.75, 3.05) is 13.1 Å². The van der Waals surface area contributed by atoms with Crippen LogP contribution in [0.15, 0.2) is 0 Å². The summed E-state index contributed by atoms with van der Waals surface area (Å²) in [7, 11) is 0. The van der Waals surface area contributed by atoms with E-state index in [1.54, 1.807) is 0 Å². The van der Waals surface area contributed by atoms with E-state index in [1.807, 2.05) is 13.8 Å². The molecule has 0 aromatic rings. The zero-order chi connectivity index (χ0) is 9.19. The monoisotopic (exact) mass is 171 g/mol. The van der Waals surface area contributed by atoms with Gasteiger partial charge in [0.2, 0.25) is 0 Å². The number of aliphatic carboxylic acids is 1. The van der Waals surface area contributed by atoms with Gasteiger partial charge in [0.05, 0.1) is 6.42 Å². The molecule has 1 fully saturated rings. The minimum absolute atomic E-state index is 0.164. The summed E-state index contributed by atoms with van der Waals surface area (Å²) in [6.07, 6.45) is 2.67. The fraction of sp³-hybridized carbons (Fsp3) is 0.889. The lowest BCUT2D eigenvalue weighted by atomic mass is 9.99. The zero-order valence-corrected chi connectivity index (χ0v) is 7.84. The van der Waals surface area contributed by atoms with Gasteiger partial charge < -0.3 is 5.11 Å². The van der Waals surface area contributed by atoms with E-state index in [2.05, 4.69) is 4.90 Å². The molecule has 1 aliphatic rings. The Morgan fingerprint density at radius 3 is 2.33 bits per heavy atom. The molecule has 1 aliphatic heterocycles. The molecule has 0 bridgehead atoms. The highest BCUT2D eigenvalue weighted by molar-refractivity contribution is 5.68. The van der Waals surface area contributed by atoms with Crippen LogP contribution < -0.4 is 0 Å². The van der Waals surface area contributed by atoms with Gasteiger partial charge in [0.25, 0.3) is 0 Å². The third-order valence-corrected chi connectivity index (χ3v) is 2.55. The minimum atomic E-state index is -0.702. The van der Waals surface area contributed by atoms with E-state index in [-0.39, 0.29) is 12.0 Å². The highest BCUT2D eigenvalue weighted by atomic mass is 16.4. The highest BCUT2D eigenvalue weighted by Crippen LogP contribution is 2.23. The van der Waals surface area contributed by atoms with Crippen molar-refractivity contribution in [3.05, 3.63) is 0 Å². The van der Waals surface area contributed by atoms with E-state index in [4.69, 9.17) is 5.11 Å². The van der Waals surface area contributed by atoms with Crippen molar-refractivity contribution < 1.29 is 9.90 Å². The lowest BCUT2D eigenvalue weighted by molar-refractivity contribution is -0.139. The van der Waals surface area contributed by atoms with Crippen LogP contribution in [0.3, 0.4) is 0 Å². The molecule has 1 heterocycles. The normalized spacial score (nSPS) is 19.8. The fourth-order valence-electron chi connectivity index (χ4n) is 1.80. The second-order valence-electron chi connectivity index (χ2n) is 4.08. The molecule has 0 aromatic heterocycles. The number of hydrogen-bond donors (Lipinski definition) is 1. The standard InChI is InChI=1S/C9H17NO2/c1-9(2,7-8(11)12)10-5-3-4-6-10/h3-7H2,1-2H3,(H,11,12). The topological polar surface area (TPSA) is 40.5 Å². The lowest BCUT2D eigenvalue weighted by Gasteiger charge is -2.33. The van der Waals surface area contributed by atoms with Crippen LogP contribution in [0.25, 0.3) is 0 Å². The van der Waals surface area contributed by atoms with Gasteiger partial charge in [-0.25, -0.2) is 0 Å². The lowest BCUT2D eigenvalue weighted by Crippen LogP contribution is -2.43. The largest absolute Gasteiger partial charge is 0.481 e. The summed E-state index contributed by atoms with van der Waals surface area (Å²) < 4.78 is 0. The zero-order valence-electron chi connectivity index (χ0n) is 7.84. The average molecular weight is 171 g/mol. The van der Waals surface area contributed by atoms with Crippen LogP contribution in [0, 0.1) is 0 Å². The Labute approximate surface area is 73.4 Å². The van der Waals surface area contributed by atoms with E-state index in [0.29, 0.717) is 0 Å². The Morgan fingerprint density at radius 2 is 1.92 bits per heavy atom. The molecule has 3 heteroatoms. The molecule has 0 amide bonds. The molecule has 1 saturated heterocycles. The molecule has 3 nitrogen and oxygen atoms in total. The SMILES string of the molecule is CC(C)(CC(=O)O)N1CCCC1. The van der Waals surface area contributed by atoms with E-state index >= 15 is 0 Å². The summed E-state index contributed by atoms with van der Waals surface area (Å²) in [4.78, 5) is 12.8. The summed E-state index contributed by atoms with van der Waals surface area (Å²) in [6.45, 7) is 6.12. The van der Waals surface area contributed by atoms with Crippen molar-refractivity contribution in [3.8, 4) is 0 Å². The van der Waals surface area contributed by atoms with Gasteiger partial charge in [0.15, 0.2) is 0 Å². The molecule has 0 saturated carbocycles. The minimum Gasteiger partial charge on any atom is -0.481 e. The molecule has 1 rings (SSSR count). The Balaban J connectivity index is 2.50. The number of carboxylic acids is 1. The summed E-state index contributed by atoms with van der Waals surface area (Å²) in [5, 5.41) is 8.68. The van der Waals surface area contributed by atoms with E-state index in [1.165, 1.54) is 12.8 Å². The quantitative estimate of drug-likeness (QED) is 0.696. The van der Waals surface area contributed by atoms with E-state index < -0.39 is 5.97 Å². The molecule has 70 valence electrons. The van der Waals surface area contributed by atoms with Gasteiger partial charge in [-0.05, 0) is 39.8 Å². The van der Waals surface area contributed by atoms with Gasteiger partial charge >= 0.3 is 5.97 Å². The molecule has 0 aliphatic carbocycles. The number of rotatable bonds is 3. The smallest absolute Gasteiger partial charge is 0.305 e. The first-order chi connectivity index (χ1) is 5.52. The number of nitrogens with zero attached hydrogens (tertiary/aromatic N) is 1. The summed E-state index contributed by atoms with van der Waals surface area (Å²) in [5.41, 5.74) is -0.164. The van der Waals surface area contributed by atoms with Crippen molar-refractivity contribution in [2.24, 2.45) is 0 Å². The van der Waals surface area contributed by atoms with Gasteiger partial charge in [-0.15, -0.1) is 0 Å². The molecule has 0 aromatic carbocycles. The number of hydrogen-bond acceptors (Lipinski definition) is 2. The predicted octanol–water partition coefficient (Wildman–Crippen LogP) is 1.34. The fourth-order valence-corrected chi connectivity index (χ4v) is 1.80. The third-order valence-electron chi connectivity index (χ3n) is 2.55. The maximum atomic E-state index is 10.5. The molecule has 0 atom stereocenters. The highest BCUT2D eigenvalue weighted by Gasteiger charge is 2.30. The van der Waals surface area contributed by atoms with Crippen LogP contribution in [-0.2, 0) is 4.79 Å². The van der Waals surface area contributed by atoms with Crippen molar-refractivity contribution in [1.82, 2.24) is 4.90 Å². The summed E-state index contributed by atoms with van der Waals surface area (Å²) in [5.74, 6) is -0.702. The molecule has 0 unspecified atom stereocenters. The van der Waals surface area contributed by atoms with Gasteiger partial charge in [0, 0.05) is 5.54 Å². The number of carboxylic acid groups (broad SMARTS) is 1. The maximum absolute atomic E-state index is 10.5. The Kier molecular flexibility index (Phi) is 2.73. The Bertz CT molecular complexity index is 171. The van der Waals surface area contributed by atoms with Crippen LogP contribution in [-0.4, -0.2) is 34.6 Å². The van der Waals surface area contributed by atoms with Crippen LogP contribution in [0.2, 0.25) is 0 Å². The molecule has 0 radical (unpaired) electrons.